The molecule has 4 rings (SSSR count). The van der Waals surface area contributed by atoms with Crippen LogP contribution in [0.1, 0.15) is 18.5 Å². The van der Waals surface area contributed by atoms with Crippen molar-refractivity contribution in [1.29, 1.82) is 0 Å². The lowest BCUT2D eigenvalue weighted by Gasteiger charge is -2.27. The number of aromatic nitrogens is 6. The molecule has 1 atom stereocenters. The van der Waals surface area contributed by atoms with Crippen molar-refractivity contribution in [2.75, 3.05) is 10.6 Å². The van der Waals surface area contributed by atoms with E-state index in [1.54, 1.807) is 35.4 Å². The van der Waals surface area contributed by atoms with Gasteiger partial charge < -0.3 is 10.6 Å². The van der Waals surface area contributed by atoms with E-state index >= 15 is 0 Å². The number of pyridine rings is 2. The molecular weight excluding hydrogens is 320 g/mol. The van der Waals surface area contributed by atoms with Crippen LogP contribution in [-0.2, 0) is 4.79 Å². The maximum absolute atomic E-state index is 12.9. The van der Waals surface area contributed by atoms with Gasteiger partial charge in [-0.1, -0.05) is 11.2 Å². The zero-order valence-corrected chi connectivity index (χ0v) is 13.3. The zero-order chi connectivity index (χ0) is 17.2. The molecule has 0 bridgehead atoms. The largest absolute Gasteiger partial charge is 0.326 e. The maximum atomic E-state index is 12.9. The Balaban J connectivity index is 1.77. The van der Waals surface area contributed by atoms with Crippen LogP contribution in [-0.4, -0.2) is 36.1 Å². The number of hydrogen-bond donors (Lipinski definition) is 2. The molecule has 1 unspecified atom stereocenters. The molecule has 0 aliphatic carbocycles. The smallest absolute Gasteiger partial charge is 0.257 e. The highest BCUT2D eigenvalue weighted by Gasteiger charge is 2.34. The fraction of sp³-hybridized carbons (Fsp3) is 0.125. The first-order valence-electron chi connectivity index (χ1n) is 7.62. The number of nitrogens with one attached hydrogen (secondary N) is 2. The van der Waals surface area contributed by atoms with Gasteiger partial charge in [-0.05, 0) is 47.2 Å². The van der Waals surface area contributed by atoms with Crippen LogP contribution >= 0.6 is 0 Å². The van der Waals surface area contributed by atoms with Crippen molar-refractivity contribution in [2.24, 2.45) is 0 Å². The Morgan fingerprint density at radius 1 is 1.20 bits per heavy atom. The maximum Gasteiger partial charge on any atom is 0.257 e. The third-order valence-corrected chi connectivity index (χ3v) is 3.89. The van der Waals surface area contributed by atoms with Gasteiger partial charge in [0.05, 0.1) is 5.57 Å². The summed E-state index contributed by atoms with van der Waals surface area (Å²) < 4.78 is 1.58. The first kappa shape index (κ1) is 14.9. The Bertz CT molecular complexity index is 935. The lowest BCUT2D eigenvalue weighted by atomic mass is 9.96. The minimum Gasteiger partial charge on any atom is -0.326 e. The van der Waals surface area contributed by atoms with Gasteiger partial charge in [-0.3, -0.25) is 9.78 Å². The number of hydrogen-bond acceptors (Lipinski definition) is 7. The normalized spacial score (nSPS) is 16.1. The summed E-state index contributed by atoms with van der Waals surface area (Å²) in [7, 11) is 0. The number of carbonyl (C=O) groups is 1. The third-order valence-electron chi connectivity index (χ3n) is 3.89. The molecule has 0 spiro atoms. The van der Waals surface area contributed by atoms with Crippen LogP contribution in [0.2, 0.25) is 0 Å². The highest BCUT2D eigenvalue weighted by molar-refractivity contribution is 6.05. The summed E-state index contributed by atoms with van der Waals surface area (Å²) in [6.45, 7) is 1.82. The van der Waals surface area contributed by atoms with Gasteiger partial charge in [-0.25, -0.2) is 4.98 Å². The Labute approximate surface area is 142 Å². The van der Waals surface area contributed by atoms with E-state index in [2.05, 4.69) is 36.1 Å². The topological polar surface area (TPSA) is 111 Å². The molecule has 1 aliphatic rings. The molecule has 3 aromatic rings. The molecular formula is C16H14N8O. The second-order valence-electron chi connectivity index (χ2n) is 5.46. The number of fused-ring (bicyclic) bond motifs is 1. The van der Waals surface area contributed by atoms with Crippen LogP contribution in [0.5, 0.6) is 0 Å². The molecule has 9 heteroatoms. The van der Waals surface area contributed by atoms with E-state index in [0.29, 0.717) is 23.0 Å². The molecule has 0 fully saturated rings. The minimum absolute atomic E-state index is 0.272. The van der Waals surface area contributed by atoms with Crippen LogP contribution in [0.3, 0.4) is 0 Å². The molecule has 0 aromatic carbocycles. The Morgan fingerprint density at radius 3 is 2.80 bits per heavy atom. The molecule has 1 aliphatic heterocycles. The van der Waals surface area contributed by atoms with Gasteiger partial charge in [0.15, 0.2) is 0 Å². The second-order valence-corrected chi connectivity index (χ2v) is 5.46. The Kier molecular flexibility index (Phi) is 3.65. The number of carbonyl (C=O) groups excluding carboxylic acids is 1. The average molecular weight is 334 g/mol. The molecule has 4 heterocycles. The summed E-state index contributed by atoms with van der Waals surface area (Å²) in [4.78, 5) is 21.1. The summed E-state index contributed by atoms with van der Waals surface area (Å²) in [5.74, 6) is 0.684. The van der Waals surface area contributed by atoms with Gasteiger partial charge in [0.1, 0.15) is 11.9 Å². The van der Waals surface area contributed by atoms with Gasteiger partial charge in [0.25, 0.3) is 5.91 Å². The van der Waals surface area contributed by atoms with Crippen molar-refractivity contribution in [3.05, 3.63) is 65.8 Å². The Morgan fingerprint density at radius 2 is 2.04 bits per heavy atom. The fourth-order valence-corrected chi connectivity index (χ4v) is 2.78. The lowest BCUT2D eigenvalue weighted by molar-refractivity contribution is -0.113. The molecule has 1 amide bonds. The van der Waals surface area contributed by atoms with Crippen LogP contribution in [0.4, 0.5) is 11.8 Å². The number of nitrogens with zero attached hydrogens (tertiary/aromatic N) is 6. The number of amides is 1. The summed E-state index contributed by atoms with van der Waals surface area (Å²) in [6.07, 6.45) is 4.96. The van der Waals surface area contributed by atoms with Gasteiger partial charge in [0.2, 0.25) is 5.95 Å². The van der Waals surface area contributed by atoms with Gasteiger partial charge in [-0.15, -0.1) is 0 Å². The Hall–Kier alpha value is -3.62. The number of rotatable bonds is 3. The highest BCUT2D eigenvalue weighted by atomic mass is 16.1. The molecule has 124 valence electrons. The zero-order valence-electron chi connectivity index (χ0n) is 13.3. The van der Waals surface area contributed by atoms with Crippen LogP contribution < -0.4 is 10.6 Å². The summed E-state index contributed by atoms with van der Waals surface area (Å²) in [6, 6.07) is 8.54. The van der Waals surface area contributed by atoms with Crippen LogP contribution in [0, 0.1) is 0 Å². The first-order valence-corrected chi connectivity index (χ1v) is 7.62. The van der Waals surface area contributed by atoms with Gasteiger partial charge in [0, 0.05) is 24.3 Å². The first-order chi connectivity index (χ1) is 12.2. The van der Waals surface area contributed by atoms with Crippen molar-refractivity contribution in [1.82, 2.24) is 30.2 Å². The molecule has 25 heavy (non-hydrogen) atoms. The van der Waals surface area contributed by atoms with Crippen molar-refractivity contribution in [3.63, 3.8) is 0 Å². The minimum atomic E-state index is -0.460. The van der Waals surface area contributed by atoms with E-state index in [4.69, 9.17) is 0 Å². The highest BCUT2D eigenvalue weighted by Crippen LogP contribution is 2.34. The lowest BCUT2D eigenvalue weighted by Crippen LogP contribution is -2.31. The number of anilines is 2. The third kappa shape index (κ3) is 2.71. The SMILES string of the molecule is CC1=C(C(=O)Nc2ccccn2)C(c2ccncc2)n2nnnc2N1. The van der Waals surface area contributed by atoms with Crippen molar-refractivity contribution < 1.29 is 4.79 Å². The summed E-state index contributed by atoms with van der Waals surface area (Å²) in [5.41, 5.74) is 2.05. The van der Waals surface area contributed by atoms with Gasteiger partial charge in [-0.2, -0.15) is 4.68 Å². The van der Waals surface area contributed by atoms with E-state index < -0.39 is 6.04 Å². The molecule has 0 saturated carbocycles. The summed E-state index contributed by atoms with van der Waals surface area (Å²) in [5, 5.41) is 17.6. The molecule has 0 saturated heterocycles. The van der Waals surface area contributed by atoms with Crippen molar-refractivity contribution in [2.45, 2.75) is 13.0 Å². The van der Waals surface area contributed by atoms with Gasteiger partial charge >= 0.3 is 0 Å². The van der Waals surface area contributed by atoms with E-state index in [0.717, 1.165) is 5.56 Å². The van der Waals surface area contributed by atoms with E-state index in [1.807, 2.05) is 25.1 Å². The number of allylic oxidation sites excluding steroid dienone is 1. The fourth-order valence-electron chi connectivity index (χ4n) is 2.78. The predicted octanol–water partition coefficient (Wildman–Crippen LogP) is 1.39. The standard InChI is InChI=1S/C16H14N8O/c1-10-13(15(25)20-12-4-2-3-7-18-12)14(11-5-8-17-9-6-11)24-16(19-10)21-22-23-24/h2-9,14H,1H3,(H,18,20,25)(H,19,21,23). The van der Waals surface area contributed by atoms with E-state index in [1.165, 1.54) is 0 Å². The van der Waals surface area contributed by atoms with Crippen molar-refractivity contribution in [3.8, 4) is 0 Å². The molecule has 3 aromatic heterocycles. The van der Waals surface area contributed by atoms with Crippen LogP contribution in [0.15, 0.2) is 60.2 Å². The number of tetrazole rings is 1. The molecule has 0 radical (unpaired) electrons. The molecule has 2 N–H and O–H groups in total. The second kappa shape index (κ2) is 6.11. The summed E-state index contributed by atoms with van der Waals surface area (Å²) >= 11 is 0. The van der Waals surface area contributed by atoms with E-state index in [9.17, 15) is 4.79 Å². The quantitative estimate of drug-likeness (QED) is 0.744. The van der Waals surface area contributed by atoms with Crippen LogP contribution in [0.25, 0.3) is 0 Å². The monoisotopic (exact) mass is 334 g/mol. The average Bonchev–Trinajstić information content (AvgIpc) is 3.10. The van der Waals surface area contributed by atoms with E-state index in [-0.39, 0.29) is 5.91 Å². The molecule has 9 nitrogen and oxygen atoms in total. The van der Waals surface area contributed by atoms with Crippen molar-refractivity contribution >= 4 is 17.7 Å². The predicted molar refractivity (Wildman–Crippen MR) is 89.4 cm³/mol.